The van der Waals surface area contributed by atoms with Gasteiger partial charge in [0.05, 0.1) is 25.1 Å². The minimum Gasteiger partial charge on any atom is -0.462 e. The van der Waals surface area contributed by atoms with Gasteiger partial charge in [0.25, 0.3) is 5.56 Å². The molecule has 1 fully saturated rings. The van der Waals surface area contributed by atoms with Crippen molar-refractivity contribution >= 4 is 30.8 Å². The van der Waals surface area contributed by atoms with Gasteiger partial charge in [-0.25, -0.2) is 13.9 Å². The first kappa shape index (κ1) is 27.7. The number of esters is 1. The normalized spacial score (nSPS) is 23.8. The molecule has 206 valence electrons. The molecule has 0 unspecified atom stereocenters. The molecule has 4 rings (SSSR count). The Balaban J connectivity index is 1.52. The van der Waals surface area contributed by atoms with Crippen LogP contribution in [0.25, 0.3) is 11.2 Å². The van der Waals surface area contributed by atoms with E-state index in [1.54, 1.807) is 44.2 Å². The first-order chi connectivity index (χ1) is 17.9. The van der Waals surface area contributed by atoms with Crippen LogP contribution in [0, 0.1) is 0 Å². The first-order valence-corrected chi connectivity index (χ1v) is 13.5. The molecule has 0 amide bonds. The number of nitrogens with one attached hydrogen (secondary N) is 2. The minimum absolute atomic E-state index is 0.0227. The van der Waals surface area contributed by atoms with Gasteiger partial charge in [-0.1, -0.05) is 18.2 Å². The summed E-state index contributed by atoms with van der Waals surface area (Å²) in [6.07, 6.45) is -1.39. The number of anilines is 1. The summed E-state index contributed by atoms with van der Waals surface area (Å²) in [5.74, 6) is -0.576. The molecule has 3 heterocycles. The fourth-order valence-corrected chi connectivity index (χ4v) is 5.52. The zero-order valence-corrected chi connectivity index (χ0v) is 22.2. The number of carbonyl (C=O) groups excluding carboxylic acids is 1. The number of ether oxygens (including phenoxy) is 2. The Labute approximate surface area is 217 Å². The van der Waals surface area contributed by atoms with E-state index in [2.05, 4.69) is 20.0 Å². The Bertz CT molecular complexity index is 1400. The van der Waals surface area contributed by atoms with Gasteiger partial charge in [0.1, 0.15) is 11.8 Å². The van der Waals surface area contributed by atoms with Crippen molar-refractivity contribution < 1.29 is 32.3 Å². The molecule has 0 aliphatic carbocycles. The lowest BCUT2D eigenvalue weighted by atomic mass is 10.0. The van der Waals surface area contributed by atoms with Crippen molar-refractivity contribution in [3.05, 3.63) is 47.0 Å². The van der Waals surface area contributed by atoms with E-state index in [4.69, 9.17) is 24.3 Å². The number of para-hydroxylation sites is 1. The van der Waals surface area contributed by atoms with Crippen molar-refractivity contribution in [3.63, 3.8) is 0 Å². The quantitative estimate of drug-likeness (QED) is 0.249. The molecule has 13 nitrogen and oxygen atoms in total. The van der Waals surface area contributed by atoms with E-state index in [0.717, 1.165) is 0 Å². The minimum atomic E-state index is -4.17. The second-order valence-electron chi connectivity index (χ2n) is 9.40. The van der Waals surface area contributed by atoms with Crippen molar-refractivity contribution in [2.75, 3.05) is 12.3 Å². The summed E-state index contributed by atoms with van der Waals surface area (Å²) in [6.45, 7) is 5.81. The fraction of sp³-hybridized carbons (Fsp3) is 0.478. The number of fused-ring (bicyclic) bond motifs is 1. The van der Waals surface area contributed by atoms with Crippen LogP contribution in [0.5, 0.6) is 5.75 Å². The number of nitrogens with two attached hydrogens (primary N) is 1. The number of hydrogen-bond donors (Lipinski definition) is 3. The van der Waals surface area contributed by atoms with Crippen molar-refractivity contribution in [2.45, 2.75) is 64.3 Å². The Hall–Kier alpha value is -3.32. The van der Waals surface area contributed by atoms with Gasteiger partial charge in [-0.15, -0.1) is 0 Å². The molecule has 0 radical (unpaired) electrons. The third-order valence-corrected chi connectivity index (χ3v) is 7.27. The van der Waals surface area contributed by atoms with E-state index in [1.165, 1.54) is 24.7 Å². The highest BCUT2D eigenvalue weighted by Crippen LogP contribution is 2.47. The predicted molar refractivity (Wildman–Crippen MR) is 135 cm³/mol. The lowest BCUT2D eigenvalue weighted by Crippen LogP contribution is -2.36. The van der Waals surface area contributed by atoms with Crippen molar-refractivity contribution in [3.8, 4) is 5.75 Å². The fourth-order valence-electron chi connectivity index (χ4n) is 4.00. The highest BCUT2D eigenvalue weighted by molar-refractivity contribution is 7.52. The van der Waals surface area contributed by atoms with Gasteiger partial charge in [-0.2, -0.15) is 10.1 Å². The van der Waals surface area contributed by atoms with Gasteiger partial charge >= 0.3 is 13.7 Å². The van der Waals surface area contributed by atoms with Gasteiger partial charge in [-0.05, 0) is 39.8 Å². The van der Waals surface area contributed by atoms with E-state index < -0.39 is 43.3 Å². The number of halogens is 1. The molecule has 2 aromatic heterocycles. The number of alkyl halides is 1. The summed E-state index contributed by atoms with van der Waals surface area (Å²) >= 11 is 0. The van der Waals surface area contributed by atoms with Crippen molar-refractivity contribution in [1.29, 1.82) is 0 Å². The summed E-state index contributed by atoms with van der Waals surface area (Å²) in [4.78, 5) is 34.8. The molecule has 3 aromatic rings. The van der Waals surface area contributed by atoms with E-state index in [9.17, 15) is 14.2 Å². The zero-order valence-electron chi connectivity index (χ0n) is 21.3. The number of rotatable bonds is 10. The monoisotopic (exact) mass is 552 g/mol. The molecule has 1 aliphatic heterocycles. The van der Waals surface area contributed by atoms with Crippen LogP contribution in [0.4, 0.5) is 10.3 Å². The van der Waals surface area contributed by atoms with E-state index in [0.29, 0.717) is 0 Å². The second-order valence-corrected chi connectivity index (χ2v) is 11.1. The third kappa shape index (κ3) is 6.21. The molecule has 1 saturated heterocycles. The second kappa shape index (κ2) is 10.8. The molecule has 0 spiro atoms. The number of aromatic nitrogens is 4. The van der Waals surface area contributed by atoms with Crippen molar-refractivity contribution in [2.24, 2.45) is 0 Å². The number of nitrogens with zero attached hydrogens (tertiary/aromatic N) is 3. The summed E-state index contributed by atoms with van der Waals surface area (Å²) in [6, 6.07) is 7.20. The largest absolute Gasteiger partial charge is 0.462 e. The number of nitrogen functional groups attached to an aromatic ring is 1. The molecular weight excluding hydrogens is 522 g/mol. The molecule has 1 aliphatic rings. The van der Waals surface area contributed by atoms with Gasteiger partial charge in [0, 0.05) is 6.42 Å². The van der Waals surface area contributed by atoms with Crippen LogP contribution in [-0.4, -0.2) is 56.0 Å². The Kier molecular flexibility index (Phi) is 7.88. The van der Waals surface area contributed by atoms with Crippen LogP contribution in [0.2, 0.25) is 0 Å². The van der Waals surface area contributed by atoms with Crippen LogP contribution in [-0.2, 0) is 23.4 Å². The number of H-pyrrole nitrogens is 1. The molecule has 15 heteroatoms. The maximum absolute atomic E-state index is 15.7. The number of imidazole rings is 1. The first-order valence-electron chi connectivity index (χ1n) is 11.9. The maximum Gasteiger partial charge on any atom is 0.459 e. The summed E-state index contributed by atoms with van der Waals surface area (Å²) in [7, 11) is -4.17. The zero-order chi connectivity index (χ0) is 27.7. The lowest BCUT2D eigenvalue weighted by Gasteiger charge is -2.24. The standard InChI is InChI=1S/C23H30FN6O7P/c1-13(2)35-20(32)14(3)29-38(33,37-15-8-6-5-7-9-15)34-11-16-10-23(4,24)21(36-16)30-12-26-17-18(30)27-22(25)28-19(17)31/h5-9,12-14,16,21H,10-11H2,1-4H3,(H,29,33)(H3,25,27,28,31)/t14-,16-,21+,23+,38-/m0/s1. The predicted octanol–water partition coefficient (Wildman–Crippen LogP) is 2.85. The highest BCUT2D eigenvalue weighted by atomic mass is 31.2. The molecule has 4 N–H and O–H groups in total. The van der Waals surface area contributed by atoms with Gasteiger partial charge in [-0.3, -0.25) is 23.7 Å². The van der Waals surface area contributed by atoms with Gasteiger partial charge < -0.3 is 19.7 Å². The lowest BCUT2D eigenvalue weighted by molar-refractivity contribution is -0.149. The van der Waals surface area contributed by atoms with E-state index in [-0.39, 0.29) is 42.0 Å². The van der Waals surface area contributed by atoms with Crippen LogP contribution in [0.1, 0.15) is 40.3 Å². The van der Waals surface area contributed by atoms with Crippen LogP contribution in [0.15, 0.2) is 41.5 Å². The van der Waals surface area contributed by atoms with Gasteiger partial charge in [0.2, 0.25) is 5.95 Å². The summed E-state index contributed by atoms with van der Waals surface area (Å²) in [5.41, 5.74) is 3.17. The Morgan fingerprint density at radius 1 is 1.37 bits per heavy atom. The maximum atomic E-state index is 15.7. The molecule has 1 aromatic carbocycles. The van der Waals surface area contributed by atoms with Crippen LogP contribution < -0.4 is 20.9 Å². The molecule has 0 bridgehead atoms. The number of hydrogen-bond acceptors (Lipinski definition) is 10. The summed E-state index contributed by atoms with van der Waals surface area (Å²) in [5, 5.41) is 2.58. The molecular formula is C23H30FN6O7P. The number of carbonyl (C=O) groups is 1. The Morgan fingerprint density at radius 2 is 2.08 bits per heavy atom. The van der Waals surface area contributed by atoms with E-state index in [1.807, 2.05) is 0 Å². The number of aromatic amines is 1. The molecule has 5 atom stereocenters. The number of benzene rings is 1. The highest BCUT2D eigenvalue weighted by Gasteiger charge is 2.48. The SMILES string of the molecule is CC(C)OC(=O)[C@H](C)N[P@](=O)(OC[C@@H]1C[C@@](C)(F)[C@H](n2cnc3c(=O)[nH]c(N)nc32)O1)Oc1ccccc1. The van der Waals surface area contributed by atoms with Crippen molar-refractivity contribution in [1.82, 2.24) is 24.6 Å². The topological polar surface area (TPSA) is 173 Å². The summed E-state index contributed by atoms with van der Waals surface area (Å²) < 4.78 is 52.9. The Morgan fingerprint density at radius 3 is 2.76 bits per heavy atom. The van der Waals surface area contributed by atoms with Crippen LogP contribution in [0.3, 0.4) is 0 Å². The molecule has 0 saturated carbocycles. The van der Waals surface area contributed by atoms with Crippen LogP contribution >= 0.6 is 7.75 Å². The average molecular weight is 553 g/mol. The van der Waals surface area contributed by atoms with Gasteiger partial charge in [0.15, 0.2) is 23.1 Å². The average Bonchev–Trinajstić information content (AvgIpc) is 3.37. The molecule has 38 heavy (non-hydrogen) atoms. The smallest absolute Gasteiger partial charge is 0.459 e. The van der Waals surface area contributed by atoms with E-state index >= 15 is 4.39 Å². The third-order valence-electron chi connectivity index (χ3n) is 5.62.